The van der Waals surface area contributed by atoms with Crippen molar-refractivity contribution in [3.8, 4) is 17.2 Å². The third-order valence-corrected chi connectivity index (χ3v) is 8.19. The molecule has 222 valence electrons. The molecule has 0 unspecified atom stereocenters. The van der Waals surface area contributed by atoms with Crippen LogP contribution in [0.15, 0.2) is 76.0 Å². The van der Waals surface area contributed by atoms with Gasteiger partial charge < -0.3 is 19.3 Å². The van der Waals surface area contributed by atoms with Crippen LogP contribution in [0.25, 0.3) is 11.8 Å². The van der Waals surface area contributed by atoms with Crippen molar-refractivity contribution >= 4 is 52.3 Å². The lowest BCUT2D eigenvalue weighted by Crippen LogP contribution is -2.35. The summed E-state index contributed by atoms with van der Waals surface area (Å²) in [5, 5.41) is 10.8. The maximum atomic E-state index is 13.6. The number of carbonyl (C=O) groups excluding carboxylic acids is 1. The zero-order chi connectivity index (χ0) is 30.7. The quantitative estimate of drug-likeness (QED) is 0.229. The predicted octanol–water partition coefficient (Wildman–Crippen LogP) is 5.90. The molecule has 0 fully saturated rings. The lowest BCUT2D eigenvalue weighted by atomic mass is 9.96. The highest BCUT2D eigenvalue weighted by Crippen LogP contribution is 2.38. The Balaban J connectivity index is 1.62. The number of benzene rings is 3. The average Bonchev–Trinajstić information content (AvgIpc) is 3.30. The van der Waals surface area contributed by atoms with E-state index >= 15 is 0 Å². The van der Waals surface area contributed by atoms with Crippen molar-refractivity contribution in [2.45, 2.75) is 33.4 Å². The van der Waals surface area contributed by atoms with Crippen LogP contribution in [0.3, 0.4) is 0 Å². The molecule has 5 rings (SSSR count). The molecule has 0 amide bonds. The number of rotatable bonds is 9. The van der Waals surface area contributed by atoms with Crippen molar-refractivity contribution in [2.24, 2.45) is 4.99 Å². The van der Waals surface area contributed by atoms with Crippen molar-refractivity contribution in [3.05, 3.63) is 113 Å². The number of nitrogens with zero attached hydrogens (tertiary/aromatic N) is 2. The van der Waals surface area contributed by atoms with Crippen LogP contribution < -0.4 is 24.4 Å². The van der Waals surface area contributed by atoms with E-state index in [2.05, 4.69) is 0 Å². The number of fused-ring (bicyclic) bond motifs is 1. The lowest BCUT2D eigenvalue weighted by molar-refractivity contribution is -0.138. The first-order valence-corrected chi connectivity index (χ1v) is 15.1. The summed E-state index contributed by atoms with van der Waals surface area (Å²) in [6.45, 7) is 6.18. The molecule has 8 nitrogen and oxygen atoms in total. The van der Waals surface area contributed by atoms with Gasteiger partial charge >= 0.3 is 5.97 Å². The molecule has 1 N–H and O–H groups in total. The number of carbonyl (C=O) groups is 1. The Morgan fingerprint density at radius 3 is 2.53 bits per heavy atom. The third-order valence-electron chi connectivity index (χ3n) is 6.70. The maximum absolute atomic E-state index is 13.6. The molecule has 0 spiro atoms. The number of ether oxygens (including phenoxy) is 3. The smallest absolute Gasteiger partial charge is 0.338 e. The summed E-state index contributed by atoms with van der Waals surface area (Å²) >= 11 is 13.3. The molecule has 1 aliphatic heterocycles. The van der Waals surface area contributed by atoms with Crippen LogP contribution in [-0.4, -0.2) is 28.9 Å². The van der Waals surface area contributed by atoms with Crippen LogP contribution in [-0.2, 0) is 16.1 Å². The number of aromatic nitrogens is 1. The summed E-state index contributed by atoms with van der Waals surface area (Å²) in [7, 11) is 0. The van der Waals surface area contributed by atoms with E-state index in [9.17, 15) is 14.7 Å². The number of hydrogen-bond acceptors (Lipinski definition) is 8. The van der Waals surface area contributed by atoms with Gasteiger partial charge in [-0.25, -0.2) is 9.79 Å². The molecule has 1 aliphatic rings. The number of allylic oxidation sites excluding steroid dienone is 1. The van der Waals surface area contributed by atoms with Gasteiger partial charge in [-0.1, -0.05) is 70.9 Å². The minimum atomic E-state index is -0.777. The predicted molar refractivity (Wildman–Crippen MR) is 168 cm³/mol. The van der Waals surface area contributed by atoms with Crippen LogP contribution in [0, 0.1) is 0 Å². The molecular weight excluding hydrogens is 611 g/mol. The van der Waals surface area contributed by atoms with E-state index in [0.29, 0.717) is 45.8 Å². The number of phenolic OH excluding ortho intramolecular Hbond substituents is 1. The van der Waals surface area contributed by atoms with Gasteiger partial charge in [0.2, 0.25) is 0 Å². The molecular formula is C32H28Cl2N2O6S. The van der Waals surface area contributed by atoms with Gasteiger partial charge in [0.15, 0.2) is 16.3 Å². The van der Waals surface area contributed by atoms with Crippen LogP contribution in [0.2, 0.25) is 10.0 Å². The van der Waals surface area contributed by atoms with E-state index in [1.807, 2.05) is 43.3 Å². The van der Waals surface area contributed by atoms with Gasteiger partial charge in [-0.15, -0.1) is 0 Å². The van der Waals surface area contributed by atoms with Crippen molar-refractivity contribution in [1.82, 2.24) is 4.57 Å². The summed E-state index contributed by atoms with van der Waals surface area (Å²) < 4.78 is 19.0. The Labute approximate surface area is 261 Å². The molecule has 43 heavy (non-hydrogen) atoms. The van der Waals surface area contributed by atoms with E-state index in [1.165, 1.54) is 22.8 Å². The second kappa shape index (κ2) is 13.1. The minimum absolute atomic E-state index is 0.0619. The van der Waals surface area contributed by atoms with E-state index in [-0.39, 0.29) is 33.0 Å². The fraction of sp³-hybridized carbons (Fsp3) is 0.219. The summed E-state index contributed by atoms with van der Waals surface area (Å²) in [6, 6.07) is 17.3. The van der Waals surface area contributed by atoms with Gasteiger partial charge in [0.05, 0.1) is 28.3 Å². The van der Waals surface area contributed by atoms with Gasteiger partial charge in [0.25, 0.3) is 5.56 Å². The Bertz CT molecular complexity index is 1900. The Morgan fingerprint density at radius 2 is 1.81 bits per heavy atom. The molecule has 0 aliphatic carbocycles. The highest BCUT2D eigenvalue weighted by molar-refractivity contribution is 7.07. The van der Waals surface area contributed by atoms with E-state index in [0.717, 1.165) is 16.9 Å². The normalized spacial score (nSPS) is 14.7. The standard InChI is InChI=1S/C32H28Cl2N2O6S/c1-4-40-25-14-20(11-12-24(25)42-17-19-9-7-6-8-10-19)28-27(31(39)41-5-2)18(3)36-30(38)26(43-32(36)35-28)15-21-13-22(33)16-23(34)29(21)37/h6-16,28,37H,4-5,17H2,1-3H3/b26-15-/t28-/m0/s1. The second-order valence-corrected chi connectivity index (χ2v) is 11.4. The van der Waals surface area contributed by atoms with Crippen LogP contribution in [0.5, 0.6) is 17.2 Å². The topological polar surface area (TPSA) is 99.4 Å². The van der Waals surface area contributed by atoms with Crippen molar-refractivity contribution in [1.29, 1.82) is 0 Å². The Hall–Kier alpha value is -4.05. The van der Waals surface area contributed by atoms with Gasteiger partial charge in [-0.2, -0.15) is 0 Å². The fourth-order valence-corrected chi connectivity index (χ4v) is 6.25. The molecule has 4 aromatic rings. The molecule has 1 aromatic heterocycles. The van der Waals surface area contributed by atoms with E-state index in [4.69, 9.17) is 42.4 Å². The molecule has 0 saturated carbocycles. The number of halogens is 2. The van der Waals surface area contributed by atoms with Gasteiger partial charge in [0, 0.05) is 16.3 Å². The average molecular weight is 640 g/mol. The highest BCUT2D eigenvalue weighted by Gasteiger charge is 2.32. The van der Waals surface area contributed by atoms with Crippen molar-refractivity contribution < 1.29 is 24.1 Å². The maximum Gasteiger partial charge on any atom is 0.338 e. The Kier molecular flexibility index (Phi) is 9.25. The lowest BCUT2D eigenvalue weighted by Gasteiger charge is -2.23. The fourth-order valence-electron chi connectivity index (χ4n) is 4.71. The zero-order valence-electron chi connectivity index (χ0n) is 23.6. The van der Waals surface area contributed by atoms with Gasteiger partial charge in [0.1, 0.15) is 18.4 Å². The van der Waals surface area contributed by atoms with Gasteiger partial charge in [-0.3, -0.25) is 9.36 Å². The van der Waals surface area contributed by atoms with E-state index in [1.54, 1.807) is 26.0 Å². The summed E-state index contributed by atoms with van der Waals surface area (Å²) in [5.41, 5.74) is 2.17. The monoisotopic (exact) mass is 638 g/mol. The minimum Gasteiger partial charge on any atom is -0.506 e. The third kappa shape index (κ3) is 6.34. The largest absolute Gasteiger partial charge is 0.506 e. The second-order valence-electron chi connectivity index (χ2n) is 9.52. The van der Waals surface area contributed by atoms with Crippen molar-refractivity contribution in [3.63, 3.8) is 0 Å². The first-order chi connectivity index (χ1) is 20.7. The molecule has 1 atom stereocenters. The summed E-state index contributed by atoms with van der Waals surface area (Å²) in [4.78, 5) is 32.1. The van der Waals surface area contributed by atoms with E-state index < -0.39 is 17.6 Å². The molecule has 2 heterocycles. The first-order valence-electron chi connectivity index (χ1n) is 13.5. The Morgan fingerprint density at radius 1 is 1.05 bits per heavy atom. The number of thiazole rings is 1. The number of esters is 1. The SMILES string of the molecule is CCOC(=O)C1=C(C)n2c(s/c(=C\c3cc(Cl)cc(Cl)c3O)c2=O)=N[C@H]1c1ccc(OCc2ccccc2)c(OCC)c1. The van der Waals surface area contributed by atoms with Crippen LogP contribution in [0.4, 0.5) is 0 Å². The van der Waals surface area contributed by atoms with Crippen molar-refractivity contribution in [2.75, 3.05) is 13.2 Å². The van der Waals surface area contributed by atoms with Crippen LogP contribution in [0.1, 0.15) is 43.5 Å². The molecule has 0 bridgehead atoms. The van der Waals surface area contributed by atoms with Crippen LogP contribution >= 0.6 is 34.5 Å². The van der Waals surface area contributed by atoms with Gasteiger partial charge in [-0.05, 0) is 62.2 Å². The molecule has 0 saturated heterocycles. The molecule has 3 aromatic carbocycles. The highest BCUT2D eigenvalue weighted by atomic mass is 35.5. The zero-order valence-corrected chi connectivity index (χ0v) is 25.9. The molecule has 0 radical (unpaired) electrons. The first kappa shape index (κ1) is 30.4. The summed E-state index contributed by atoms with van der Waals surface area (Å²) in [6.07, 6.45) is 1.50. The number of phenols is 1. The number of hydrogen-bond donors (Lipinski definition) is 1. The summed E-state index contributed by atoms with van der Waals surface area (Å²) in [5.74, 6) is 0.274. The number of aromatic hydroxyl groups is 1. The molecule has 11 heteroatoms.